The van der Waals surface area contributed by atoms with Gasteiger partial charge in [-0.1, -0.05) is 18.2 Å². The highest BCUT2D eigenvalue weighted by molar-refractivity contribution is 7.79. The molecule has 0 saturated heterocycles. The predicted molar refractivity (Wildman–Crippen MR) is 64.4 cm³/mol. The molecule has 0 spiro atoms. The van der Waals surface area contributed by atoms with Crippen LogP contribution in [0.4, 0.5) is 5.69 Å². The van der Waals surface area contributed by atoms with E-state index in [1.165, 1.54) is 0 Å². The van der Waals surface area contributed by atoms with Gasteiger partial charge in [-0.3, -0.25) is 0 Å². The van der Waals surface area contributed by atoms with Gasteiger partial charge >= 0.3 is 0 Å². The standard InChI is InChI=1S/C11H17NO2S/c1-10(15(13)14)6-5-9-12-11-7-3-2-4-8-11/h2-4,7-8,10,12H,5-6,9H2,1H3,(H,13,14). The van der Waals surface area contributed by atoms with Gasteiger partial charge in [0.05, 0.1) is 5.25 Å². The average molecular weight is 227 g/mol. The van der Waals surface area contributed by atoms with Gasteiger partial charge in [0.2, 0.25) is 0 Å². The second-order valence-electron chi connectivity index (χ2n) is 3.52. The van der Waals surface area contributed by atoms with Gasteiger partial charge in [-0.05, 0) is 31.9 Å². The molecule has 0 aromatic heterocycles. The fourth-order valence-electron chi connectivity index (χ4n) is 1.28. The molecular formula is C11H17NO2S. The summed E-state index contributed by atoms with van der Waals surface area (Å²) in [5.74, 6) is 0. The number of rotatable bonds is 6. The summed E-state index contributed by atoms with van der Waals surface area (Å²) in [7, 11) is 0. The first-order valence-electron chi connectivity index (χ1n) is 5.08. The molecule has 0 aliphatic heterocycles. The maximum Gasteiger partial charge on any atom is 0.155 e. The molecule has 15 heavy (non-hydrogen) atoms. The second-order valence-corrected chi connectivity index (χ2v) is 4.88. The summed E-state index contributed by atoms with van der Waals surface area (Å²) in [6.07, 6.45) is 1.67. The first kappa shape index (κ1) is 12.2. The third kappa shape index (κ3) is 4.95. The molecule has 0 radical (unpaired) electrons. The minimum Gasteiger partial charge on any atom is -0.385 e. The van der Waals surface area contributed by atoms with Crippen molar-refractivity contribution in [2.24, 2.45) is 0 Å². The average Bonchev–Trinajstić information content (AvgIpc) is 2.25. The minimum atomic E-state index is -1.69. The Hall–Kier alpha value is -0.870. The van der Waals surface area contributed by atoms with Gasteiger partial charge < -0.3 is 9.87 Å². The molecule has 0 bridgehead atoms. The number of hydrogen-bond donors (Lipinski definition) is 2. The largest absolute Gasteiger partial charge is 0.385 e. The predicted octanol–water partition coefficient (Wildman–Crippen LogP) is 2.49. The van der Waals surface area contributed by atoms with Gasteiger partial charge in [-0.15, -0.1) is 0 Å². The summed E-state index contributed by atoms with van der Waals surface area (Å²) in [4.78, 5) is 0. The van der Waals surface area contributed by atoms with Crippen LogP contribution in [0.1, 0.15) is 19.8 Å². The Balaban J connectivity index is 2.15. The van der Waals surface area contributed by atoms with Gasteiger partial charge in [0, 0.05) is 12.2 Å². The van der Waals surface area contributed by atoms with Crippen LogP contribution in [0.2, 0.25) is 0 Å². The van der Waals surface area contributed by atoms with E-state index in [0.717, 1.165) is 25.1 Å². The maximum absolute atomic E-state index is 10.7. The third-order valence-electron chi connectivity index (χ3n) is 2.23. The minimum absolute atomic E-state index is 0.137. The van der Waals surface area contributed by atoms with Crippen molar-refractivity contribution >= 4 is 16.8 Å². The van der Waals surface area contributed by atoms with E-state index in [1.807, 2.05) is 30.3 Å². The maximum atomic E-state index is 10.7. The Morgan fingerprint density at radius 1 is 1.40 bits per heavy atom. The van der Waals surface area contributed by atoms with Crippen LogP contribution in [0.5, 0.6) is 0 Å². The molecule has 0 saturated carbocycles. The van der Waals surface area contributed by atoms with E-state index in [-0.39, 0.29) is 5.25 Å². The molecule has 0 heterocycles. The number of hydrogen-bond acceptors (Lipinski definition) is 2. The van der Waals surface area contributed by atoms with E-state index >= 15 is 0 Å². The summed E-state index contributed by atoms with van der Waals surface area (Å²) in [6, 6.07) is 9.95. The zero-order valence-electron chi connectivity index (χ0n) is 8.85. The lowest BCUT2D eigenvalue weighted by Gasteiger charge is -2.08. The SMILES string of the molecule is CC(CCCNc1ccccc1)S(=O)O. The van der Waals surface area contributed by atoms with Crippen LogP contribution in [0.15, 0.2) is 30.3 Å². The Kier molecular flexibility index (Phi) is 5.36. The van der Waals surface area contributed by atoms with Gasteiger partial charge in [0.25, 0.3) is 0 Å². The van der Waals surface area contributed by atoms with Crippen LogP contribution in [0.25, 0.3) is 0 Å². The number of nitrogens with one attached hydrogen (secondary N) is 1. The molecule has 0 aliphatic rings. The van der Waals surface area contributed by atoms with Crippen molar-refractivity contribution in [2.45, 2.75) is 25.0 Å². The van der Waals surface area contributed by atoms with Gasteiger partial charge in [0.1, 0.15) is 0 Å². The molecule has 3 nitrogen and oxygen atoms in total. The Morgan fingerprint density at radius 2 is 2.07 bits per heavy atom. The van der Waals surface area contributed by atoms with Gasteiger partial charge in [0.15, 0.2) is 11.1 Å². The Bertz CT molecular complexity index is 303. The molecular weight excluding hydrogens is 210 g/mol. The van der Waals surface area contributed by atoms with Gasteiger partial charge in [-0.25, -0.2) is 4.21 Å². The van der Waals surface area contributed by atoms with Gasteiger partial charge in [-0.2, -0.15) is 0 Å². The zero-order chi connectivity index (χ0) is 11.1. The van der Waals surface area contributed by atoms with Crippen molar-refractivity contribution in [3.63, 3.8) is 0 Å². The molecule has 1 rings (SSSR count). The van der Waals surface area contributed by atoms with E-state index in [4.69, 9.17) is 4.55 Å². The van der Waals surface area contributed by atoms with Crippen LogP contribution in [-0.2, 0) is 11.1 Å². The van der Waals surface area contributed by atoms with Crippen molar-refractivity contribution < 1.29 is 8.76 Å². The first-order chi connectivity index (χ1) is 7.20. The third-order valence-corrected chi connectivity index (χ3v) is 3.16. The molecule has 84 valence electrons. The summed E-state index contributed by atoms with van der Waals surface area (Å²) in [6.45, 7) is 2.63. The fraction of sp³-hybridized carbons (Fsp3) is 0.455. The number of anilines is 1. The lowest BCUT2D eigenvalue weighted by Crippen LogP contribution is -2.12. The topological polar surface area (TPSA) is 49.3 Å². The summed E-state index contributed by atoms with van der Waals surface area (Å²) in [5.41, 5.74) is 1.09. The van der Waals surface area contributed by atoms with E-state index < -0.39 is 11.1 Å². The zero-order valence-corrected chi connectivity index (χ0v) is 9.67. The van der Waals surface area contributed by atoms with Crippen molar-refractivity contribution in [1.82, 2.24) is 0 Å². The Morgan fingerprint density at radius 3 is 2.67 bits per heavy atom. The van der Waals surface area contributed by atoms with Crippen molar-refractivity contribution in [3.8, 4) is 0 Å². The lowest BCUT2D eigenvalue weighted by atomic mass is 10.2. The molecule has 2 N–H and O–H groups in total. The molecule has 0 aliphatic carbocycles. The summed E-state index contributed by atoms with van der Waals surface area (Å²) in [5, 5.41) is 3.12. The van der Waals surface area contributed by atoms with Crippen molar-refractivity contribution in [3.05, 3.63) is 30.3 Å². The molecule has 2 unspecified atom stereocenters. The highest BCUT2D eigenvalue weighted by Gasteiger charge is 2.06. The smallest absolute Gasteiger partial charge is 0.155 e. The normalized spacial score (nSPS) is 14.5. The molecule has 2 atom stereocenters. The first-order valence-corrected chi connectivity index (χ1v) is 6.25. The highest BCUT2D eigenvalue weighted by atomic mass is 32.2. The highest BCUT2D eigenvalue weighted by Crippen LogP contribution is 2.07. The van der Waals surface area contributed by atoms with E-state index in [2.05, 4.69) is 5.32 Å². The van der Waals surface area contributed by atoms with Crippen molar-refractivity contribution in [2.75, 3.05) is 11.9 Å². The van der Waals surface area contributed by atoms with E-state index in [9.17, 15) is 4.21 Å². The summed E-state index contributed by atoms with van der Waals surface area (Å²) < 4.78 is 19.4. The molecule has 0 fully saturated rings. The second kappa shape index (κ2) is 6.58. The van der Waals surface area contributed by atoms with Crippen LogP contribution in [-0.4, -0.2) is 20.6 Å². The quantitative estimate of drug-likeness (QED) is 0.580. The molecule has 1 aromatic carbocycles. The number of para-hydroxylation sites is 1. The molecule has 0 amide bonds. The van der Waals surface area contributed by atoms with Crippen LogP contribution in [0, 0.1) is 0 Å². The molecule has 1 aromatic rings. The lowest BCUT2D eigenvalue weighted by molar-refractivity contribution is 0.543. The van der Waals surface area contributed by atoms with Crippen LogP contribution < -0.4 is 5.32 Å². The van der Waals surface area contributed by atoms with E-state index in [1.54, 1.807) is 6.92 Å². The van der Waals surface area contributed by atoms with Crippen LogP contribution >= 0.6 is 0 Å². The van der Waals surface area contributed by atoms with Crippen LogP contribution in [0.3, 0.4) is 0 Å². The monoisotopic (exact) mass is 227 g/mol. The summed E-state index contributed by atoms with van der Waals surface area (Å²) >= 11 is -1.69. The van der Waals surface area contributed by atoms with E-state index in [0.29, 0.717) is 0 Å². The number of benzene rings is 1. The Labute approximate surface area is 93.2 Å². The molecule has 4 heteroatoms. The van der Waals surface area contributed by atoms with Crippen molar-refractivity contribution in [1.29, 1.82) is 0 Å². The fourth-order valence-corrected chi connectivity index (χ4v) is 1.65.